The van der Waals surface area contributed by atoms with Crippen molar-refractivity contribution >= 4 is 88.2 Å². The van der Waals surface area contributed by atoms with Gasteiger partial charge >= 0.3 is 0 Å². The van der Waals surface area contributed by atoms with Gasteiger partial charge in [0.05, 0.1) is 34.0 Å². The van der Waals surface area contributed by atoms with Crippen LogP contribution >= 0.6 is 0 Å². The third kappa shape index (κ3) is 6.54. The lowest BCUT2D eigenvalue weighted by atomic mass is 9.95. The summed E-state index contributed by atoms with van der Waals surface area (Å²) in [5, 5.41) is 19.2. The van der Waals surface area contributed by atoms with Gasteiger partial charge in [0.2, 0.25) is 0 Å². The molecular formula is C61H40N4. The van der Waals surface area contributed by atoms with Crippen molar-refractivity contribution in [1.82, 2.24) is 4.57 Å². The first-order valence-corrected chi connectivity index (χ1v) is 22.0. The molecule has 0 amide bonds. The second-order valence-electron chi connectivity index (χ2n) is 16.5. The Hall–Kier alpha value is -8.91. The Morgan fingerprint density at radius 1 is 0.338 bits per heavy atom. The molecule has 0 fully saturated rings. The first-order valence-electron chi connectivity index (χ1n) is 22.0. The zero-order valence-corrected chi connectivity index (χ0v) is 35.4. The van der Waals surface area contributed by atoms with Gasteiger partial charge in [0.1, 0.15) is 0 Å². The van der Waals surface area contributed by atoms with Crippen LogP contribution in [0.15, 0.2) is 243 Å². The van der Waals surface area contributed by atoms with E-state index in [1.165, 1.54) is 37.7 Å². The van der Waals surface area contributed by atoms with Gasteiger partial charge in [-0.05, 0) is 130 Å². The van der Waals surface area contributed by atoms with Crippen LogP contribution in [0.2, 0.25) is 0 Å². The van der Waals surface area contributed by atoms with E-state index in [1.807, 2.05) is 24.3 Å². The third-order valence-corrected chi connectivity index (χ3v) is 12.8. The number of nitrogens with zero attached hydrogens (tertiary/aromatic N) is 4. The summed E-state index contributed by atoms with van der Waals surface area (Å²) in [4.78, 5) is 4.71. The molecule has 12 aromatic rings. The molecule has 304 valence electrons. The van der Waals surface area contributed by atoms with Crippen molar-refractivity contribution in [2.24, 2.45) is 0 Å². The molecule has 0 bridgehead atoms. The van der Waals surface area contributed by atoms with Crippen LogP contribution in [-0.4, -0.2) is 4.57 Å². The molecule has 0 saturated carbocycles. The van der Waals surface area contributed by atoms with E-state index < -0.39 is 0 Å². The molecule has 1 heterocycles. The molecule has 4 nitrogen and oxygen atoms in total. The summed E-state index contributed by atoms with van der Waals surface area (Å²) in [7, 11) is 0. The highest BCUT2D eigenvalue weighted by molar-refractivity contribution is 6.12. The number of rotatable bonds is 8. The number of fused-ring (bicyclic) bond motifs is 6. The second-order valence-corrected chi connectivity index (χ2v) is 16.5. The summed E-state index contributed by atoms with van der Waals surface area (Å²) in [6.07, 6.45) is 0. The number of anilines is 6. The predicted octanol–water partition coefficient (Wildman–Crippen LogP) is 16.7. The smallest absolute Gasteiger partial charge is 0.0991 e. The lowest BCUT2D eigenvalue weighted by molar-refractivity contribution is 1.18. The SMILES string of the molecule is N#Cc1ccc(N(c2ccc(-c3ccc(N(c4ccc5ccccc5c4)c4cccc5ccccc45)c4ccccc34)cc2)c2ccc3c(c2)c2ccccc2n3-c2ccccc2)cc1. The van der Waals surface area contributed by atoms with Crippen molar-refractivity contribution in [2.45, 2.75) is 0 Å². The van der Waals surface area contributed by atoms with Crippen LogP contribution in [0.3, 0.4) is 0 Å². The number of hydrogen-bond acceptors (Lipinski definition) is 3. The average Bonchev–Trinajstić information content (AvgIpc) is 3.71. The summed E-state index contributed by atoms with van der Waals surface area (Å²) < 4.78 is 2.34. The molecule has 12 rings (SSSR count). The quantitative estimate of drug-likeness (QED) is 0.153. The number of benzene rings is 11. The van der Waals surface area contributed by atoms with Crippen molar-refractivity contribution < 1.29 is 0 Å². The van der Waals surface area contributed by atoms with Gasteiger partial charge in [-0.15, -0.1) is 0 Å². The van der Waals surface area contributed by atoms with E-state index in [2.05, 4.69) is 239 Å². The Labute approximate surface area is 377 Å². The Kier molecular flexibility index (Phi) is 9.18. The highest BCUT2D eigenvalue weighted by atomic mass is 15.2. The van der Waals surface area contributed by atoms with E-state index in [0.717, 1.165) is 67.4 Å². The summed E-state index contributed by atoms with van der Waals surface area (Å²) in [6, 6.07) is 88.9. The van der Waals surface area contributed by atoms with Gasteiger partial charge in [-0.25, -0.2) is 0 Å². The van der Waals surface area contributed by atoms with E-state index in [1.54, 1.807) is 0 Å². The molecule has 0 radical (unpaired) electrons. The third-order valence-electron chi connectivity index (χ3n) is 12.8. The minimum Gasteiger partial charge on any atom is -0.310 e. The maximum atomic E-state index is 9.71. The van der Waals surface area contributed by atoms with Gasteiger partial charge in [-0.2, -0.15) is 5.26 Å². The van der Waals surface area contributed by atoms with Gasteiger partial charge in [0.15, 0.2) is 0 Å². The Bertz CT molecular complexity index is 3780. The van der Waals surface area contributed by atoms with E-state index in [4.69, 9.17) is 0 Å². The van der Waals surface area contributed by atoms with Crippen molar-refractivity contribution in [1.29, 1.82) is 5.26 Å². The lowest BCUT2D eigenvalue weighted by Gasteiger charge is -2.29. The van der Waals surface area contributed by atoms with Crippen molar-refractivity contribution in [3.63, 3.8) is 0 Å². The van der Waals surface area contributed by atoms with Crippen LogP contribution in [0.5, 0.6) is 0 Å². The number of nitriles is 1. The molecule has 0 aliphatic carbocycles. The lowest BCUT2D eigenvalue weighted by Crippen LogP contribution is -2.11. The molecule has 0 spiro atoms. The summed E-state index contributed by atoms with van der Waals surface area (Å²) >= 11 is 0. The summed E-state index contributed by atoms with van der Waals surface area (Å²) in [5.41, 5.74) is 12.7. The molecule has 0 N–H and O–H groups in total. The molecule has 1 aromatic heterocycles. The molecule has 0 saturated heterocycles. The van der Waals surface area contributed by atoms with Crippen LogP contribution in [0, 0.1) is 11.3 Å². The Balaban J connectivity index is 0.986. The van der Waals surface area contributed by atoms with E-state index in [0.29, 0.717) is 5.56 Å². The van der Waals surface area contributed by atoms with Gasteiger partial charge in [-0.1, -0.05) is 146 Å². The van der Waals surface area contributed by atoms with Gasteiger partial charge in [0.25, 0.3) is 0 Å². The zero-order valence-electron chi connectivity index (χ0n) is 35.4. The first-order chi connectivity index (χ1) is 32.2. The van der Waals surface area contributed by atoms with Crippen LogP contribution in [0.1, 0.15) is 5.56 Å². The minimum atomic E-state index is 0.625. The zero-order chi connectivity index (χ0) is 43.3. The van der Waals surface area contributed by atoms with Gasteiger partial charge in [-0.3, -0.25) is 0 Å². The number of hydrogen-bond donors (Lipinski definition) is 0. The van der Waals surface area contributed by atoms with E-state index in [9.17, 15) is 5.26 Å². The molecule has 0 unspecified atom stereocenters. The normalized spacial score (nSPS) is 11.4. The summed E-state index contributed by atoms with van der Waals surface area (Å²) in [5.74, 6) is 0. The van der Waals surface area contributed by atoms with E-state index in [-0.39, 0.29) is 0 Å². The molecular weight excluding hydrogens is 789 g/mol. The molecule has 0 aliphatic heterocycles. The van der Waals surface area contributed by atoms with Gasteiger partial charge in [0, 0.05) is 50.0 Å². The fraction of sp³-hybridized carbons (Fsp3) is 0. The largest absolute Gasteiger partial charge is 0.310 e. The maximum Gasteiger partial charge on any atom is 0.0991 e. The topological polar surface area (TPSA) is 35.2 Å². The monoisotopic (exact) mass is 828 g/mol. The Morgan fingerprint density at radius 2 is 0.908 bits per heavy atom. The number of para-hydroxylation sites is 2. The van der Waals surface area contributed by atoms with Gasteiger partial charge < -0.3 is 14.4 Å². The van der Waals surface area contributed by atoms with E-state index >= 15 is 0 Å². The average molecular weight is 829 g/mol. The standard InChI is InChI=1S/C61H40N4/c62-41-42-25-30-48(31-26-42)63(51-35-37-61-57(40-51)56-22-10-11-23-59(56)64(61)47-17-2-1-3-18-47)49-32-28-45(29-33-49)52-36-38-60(55-21-9-8-20-54(52)55)65(50-34-27-43-13-4-5-15-46(43)39-50)58-24-12-16-44-14-6-7-19-53(44)58/h1-40H. The summed E-state index contributed by atoms with van der Waals surface area (Å²) in [6.45, 7) is 0. The molecule has 65 heavy (non-hydrogen) atoms. The van der Waals surface area contributed by atoms with Crippen molar-refractivity contribution in [3.05, 3.63) is 248 Å². The Morgan fingerprint density at radius 3 is 1.69 bits per heavy atom. The van der Waals surface area contributed by atoms with Crippen molar-refractivity contribution in [2.75, 3.05) is 9.80 Å². The van der Waals surface area contributed by atoms with Crippen LogP contribution in [0.25, 0.3) is 70.9 Å². The van der Waals surface area contributed by atoms with Crippen LogP contribution < -0.4 is 9.80 Å². The molecule has 11 aromatic carbocycles. The molecule has 0 aliphatic rings. The highest BCUT2D eigenvalue weighted by Gasteiger charge is 2.21. The fourth-order valence-corrected chi connectivity index (χ4v) is 9.73. The maximum absolute atomic E-state index is 9.71. The predicted molar refractivity (Wildman–Crippen MR) is 273 cm³/mol. The molecule has 0 atom stereocenters. The van der Waals surface area contributed by atoms with Crippen LogP contribution in [0.4, 0.5) is 34.1 Å². The minimum absolute atomic E-state index is 0.625. The van der Waals surface area contributed by atoms with Crippen molar-refractivity contribution in [3.8, 4) is 22.9 Å². The number of aromatic nitrogens is 1. The molecule has 4 heteroatoms. The first kappa shape index (κ1) is 37.8. The highest BCUT2D eigenvalue weighted by Crippen LogP contribution is 2.46. The van der Waals surface area contributed by atoms with Crippen LogP contribution in [-0.2, 0) is 0 Å². The fourth-order valence-electron chi connectivity index (χ4n) is 9.73. The second kappa shape index (κ2) is 15.8.